The van der Waals surface area contributed by atoms with Crippen LogP contribution in [0.1, 0.15) is 37.7 Å². The minimum Gasteiger partial charge on any atom is -0.487 e. The molecule has 1 heterocycles. The lowest BCUT2D eigenvalue weighted by atomic mass is 10.0. The average Bonchev–Trinajstić information content (AvgIpc) is 3.20. The lowest BCUT2D eigenvalue weighted by Gasteiger charge is -2.11. The lowest BCUT2D eigenvalue weighted by Crippen LogP contribution is -2.18. The molecule has 0 aliphatic carbocycles. The smallest absolute Gasteiger partial charge is 0.278 e. The van der Waals surface area contributed by atoms with E-state index in [9.17, 15) is 9.59 Å². The second-order valence-corrected chi connectivity index (χ2v) is 7.97. The second kappa shape index (κ2) is 9.90. The Labute approximate surface area is 200 Å². The number of ketones is 1. The predicted octanol–water partition coefficient (Wildman–Crippen LogP) is 6.35. The molecule has 0 bridgehead atoms. The van der Waals surface area contributed by atoms with Crippen LogP contribution in [0.3, 0.4) is 0 Å². The fraction of sp³-hybridized carbons (Fsp3) is 0.0800. The maximum Gasteiger partial charge on any atom is 0.278 e. The summed E-state index contributed by atoms with van der Waals surface area (Å²) in [4.78, 5) is 26.1. The van der Waals surface area contributed by atoms with Gasteiger partial charge in [0.1, 0.15) is 18.1 Å². The number of rotatable bonds is 7. The largest absolute Gasteiger partial charge is 0.487 e. The van der Waals surface area contributed by atoms with E-state index < -0.39 is 5.91 Å². The molecule has 1 amide bonds. The summed E-state index contributed by atoms with van der Waals surface area (Å²) in [5.41, 5.74) is 1.55. The van der Waals surface area contributed by atoms with Crippen molar-refractivity contribution in [3.63, 3.8) is 0 Å². The number of hydrogen-bond donors (Lipinski definition) is 1. The van der Waals surface area contributed by atoms with Crippen LogP contribution < -0.4 is 10.1 Å². The van der Waals surface area contributed by atoms with Crippen molar-refractivity contribution in [1.82, 2.24) is 5.16 Å². The van der Waals surface area contributed by atoms with Crippen molar-refractivity contribution in [2.24, 2.45) is 0 Å². The molecule has 0 saturated carbocycles. The first-order chi connectivity index (χ1) is 15.9. The second-order valence-electron chi connectivity index (χ2n) is 7.12. The number of benzene rings is 3. The van der Waals surface area contributed by atoms with Gasteiger partial charge in [0.2, 0.25) is 0 Å². The first-order valence-corrected chi connectivity index (χ1v) is 10.7. The number of aromatic nitrogens is 1. The first kappa shape index (κ1) is 22.6. The fourth-order valence-corrected chi connectivity index (χ4v) is 3.55. The average molecular weight is 481 g/mol. The van der Waals surface area contributed by atoms with E-state index in [-0.39, 0.29) is 23.6 Å². The van der Waals surface area contributed by atoms with Crippen LogP contribution in [0.25, 0.3) is 0 Å². The van der Waals surface area contributed by atoms with Crippen LogP contribution in [0.15, 0.2) is 77.3 Å². The Balaban J connectivity index is 1.59. The third-order valence-electron chi connectivity index (χ3n) is 4.92. The van der Waals surface area contributed by atoms with Crippen molar-refractivity contribution in [2.45, 2.75) is 13.5 Å². The monoisotopic (exact) mass is 480 g/mol. The van der Waals surface area contributed by atoms with Gasteiger partial charge in [-0.2, -0.15) is 0 Å². The molecule has 0 fully saturated rings. The zero-order valence-corrected chi connectivity index (χ0v) is 19.0. The van der Waals surface area contributed by atoms with Gasteiger partial charge < -0.3 is 14.6 Å². The topological polar surface area (TPSA) is 81.4 Å². The summed E-state index contributed by atoms with van der Waals surface area (Å²) in [7, 11) is 0. The van der Waals surface area contributed by atoms with Crippen LogP contribution >= 0.6 is 23.2 Å². The van der Waals surface area contributed by atoms with Gasteiger partial charge in [-0.25, -0.2) is 0 Å². The molecule has 8 heteroatoms. The number of anilines is 1. The van der Waals surface area contributed by atoms with E-state index in [2.05, 4.69) is 10.5 Å². The van der Waals surface area contributed by atoms with Gasteiger partial charge in [0.25, 0.3) is 5.91 Å². The van der Waals surface area contributed by atoms with E-state index >= 15 is 0 Å². The molecular weight excluding hydrogens is 463 g/mol. The zero-order valence-electron chi connectivity index (χ0n) is 17.5. The molecule has 0 atom stereocenters. The van der Waals surface area contributed by atoms with Gasteiger partial charge in [-0.15, -0.1) is 0 Å². The minimum absolute atomic E-state index is 0.0260. The Morgan fingerprint density at radius 1 is 1.00 bits per heavy atom. The highest BCUT2D eigenvalue weighted by atomic mass is 35.5. The minimum atomic E-state index is -0.547. The molecule has 0 aliphatic heterocycles. The van der Waals surface area contributed by atoms with E-state index in [1.54, 1.807) is 67.6 Å². The summed E-state index contributed by atoms with van der Waals surface area (Å²) in [6, 6.07) is 20.4. The van der Waals surface area contributed by atoms with Crippen LogP contribution in [0, 0.1) is 6.92 Å². The molecule has 0 unspecified atom stereocenters. The Bertz CT molecular complexity index is 1320. The SMILES string of the molecule is Cc1onc(C(=O)Nc2ccc(Cl)cc2C(=O)c2ccccc2)c1COc1ccccc1Cl. The van der Waals surface area contributed by atoms with Crippen LogP contribution in [0.4, 0.5) is 5.69 Å². The third kappa shape index (κ3) is 5.08. The molecule has 1 aromatic heterocycles. The molecule has 1 N–H and O–H groups in total. The van der Waals surface area contributed by atoms with Gasteiger partial charge in [0, 0.05) is 16.1 Å². The third-order valence-corrected chi connectivity index (χ3v) is 5.47. The number of ether oxygens (including phenoxy) is 1. The molecule has 3 aromatic carbocycles. The van der Waals surface area contributed by atoms with Gasteiger partial charge >= 0.3 is 0 Å². The summed E-state index contributed by atoms with van der Waals surface area (Å²) in [5.74, 6) is 0.0875. The predicted molar refractivity (Wildman–Crippen MR) is 126 cm³/mol. The van der Waals surface area contributed by atoms with Crippen LogP contribution in [-0.2, 0) is 6.61 Å². The van der Waals surface area contributed by atoms with Crippen LogP contribution in [-0.4, -0.2) is 16.8 Å². The Morgan fingerprint density at radius 2 is 1.73 bits per heavy atom. The maximum atomic E-state index is 13.1. The molecule has 0 saturated heterocycles. The summed E-state index contributed by atoms with van der Waals surface area (Å²) >= 11 is 12.3. The van der Waals surface area contributed by atoms with E-state index in [1.807, 2.05) is 6.07 Å². The van der Waals surface area contributed by atoms with Gasteiger partial charge in [0.05, 0.1) is 16.3 Å². The van der Waals surface area contributed by atoms with E-state index in [0.717, 1.165) is 0 Å². The molecule has 0 aliphatic rings. The Morgan fingerprint density at radius 3 is 2.48 bits per heavy atom. The summed E-state index contributed by atoms with van der Waals surface area (Å²) in [5, 5.41) is 7.45. The molecule has 0 spiro atoms. The molecule has 4 aromatic rings. The number of aryl methyl sites for hydroxylation is 1. The number of nitrogens with one attached hydrogen (secondary N) is 1. The molecule has 33 heavy (non-hydrogen) atoms. The van der Waals surface area contributed by atoms with Gasteiger partial charge in [-0.05, 0) is 37.3 Å². The zero-order chi connectivity index (χ0) is 23.4. The molecular formula is C25H18Cl2N2O4. The van der Waals surface area contributed by atoms with E-state index in [1.165, 1.54) is 6.07 Å². The van der Waals surface area contributed by atoms with Crippen molar-refractivity contribution < 1.29 is 18.8 Å². The van der Waals surface area contributed by atoms with Gasteiger partial charge in [-0.3, -0.25) is 9.59 Å². The molecule has 4 rings (SSSR count). The van der Waals surface area contributed by atoms with E-state index in [4.69, 9.17) is 32.5 Å². The van der Waals surface area contributed by atoms with Crippen molar-refractivity contribution >= 4 is 40.6 Å². The van der Waals surface area contributed by atoms with Crippen LogP contribution in [0.2, 0.25) is 10.0 Å². The summed E-state index contributed by atoms with van der Waals surface area (Å²) in [6.07, 6.45) is 0. The van der Waals surface area contributed by atoms with Crippen LogP contribution in [0.5, 0.6) is 5.75 Å². The number of nitrogens with zero attached hydrogens (tertiary/aromatic N) is 1. The lowest BCUT2D eigenvalue weighted by molar-refractivity contribution is 0.101. The highest BCUT2D eigenvalue weighted by Crippen LogP contribution is 2.27. The maximum absolute atomic E-state index is 13.1. The molecule has 0 radical (unpaired) electrons. The highest BCUT2D eigenvalue weighted by molar-refractivity contribution is 6.32. The quantitative estimate of drug-likeness (QED) is 0.311. The number of amides is 1. The van der Waals surface area contributed by atoms with Gasteiger partial charge in [-0.1, -0.05) is 70.8 Å². The van der Waals surface area contributed by atoms with Crippen molar-refractivity contribution in [3.05, 3.63) is 111 Å². The fourth-order valence-electron chi connectivity index (χ4n) is 3.19. The van der Waals surface area contributed by atoms with E-state index in [0.29, 0.717) is 38.4 Å². The highest BCUT2D eigenvalue weighted by Gasteiger charge is 2.23. The summed E-state index contributed by atoms with van der Waals surface area (Å²) < 4.78 is 11.0. The number of para-hydroxylation sites is 1. The Kier molecular flexibility index (Phi) is 6.77. The normalized spacial score (nSPS) is 10.6. The molecule has 166 valence electrons. The Hall–Kier alpha value is -3.61. The van der Waals surface area contributed by atoms with Gasteiger partial charge in [0.15, 0.2) is 11.5 Å². The van der Waals surface area contributed by atoms with Crippen molar-refractivity contribution in [3.8, 4) is 5.75 Å². The number of carbonyl (C=O) groups excluding carboxylic acids is 2. The van der Waals surface area contributed by atoms with Crippen molar-refractivity contribution in [2.75, 3.05) is 5.32 Å². The summed E-state index contributed by atoms with van der Waals surface area (Å²) in [6.45, 7) is 1.71. The van der Waals surface area contributed by atoms with Crippen molar-refractivity contribution in [1.29, 1.82) is 0 Å². The number of halogens is 2. The number of hydrogen-bond acceptors (Lipinski definition) is 5. The number of carbonyl (C=O) groups is 2. The first-order valence-electron chi connectivity index (χ1n) is 9.97. The molecule has 6 nitrogen and oxygen atoms in total. The standard InChI is InChI=1S/C25H18Cl2N2O4/c1-15-19(14-32-22-10-6-5-9-20(22)27)23(29-33-15)25(31)28-21-12-11-17(26)13-18(21)24(30)16-7-3-2-4-8-16/h2-13H,14H2,1H3,(H,28,31).